The molecular formula is C11H19NO7. The quantitative estimate of drug-likeness (QED) is 0.368. The Morgan fingerprint density at radius 1 is 1.16 bits per heavy atom. The predicted octanol–water partition coefficient (Wildman–Crippen LogP) is -2.73. The average Bonchev–Trinajstić information content (AvgIpc) is 2.36. The Hall–Kier alpha value is -1.06. The number of aliphatic hydroxyl groups excluding tert-OH is 4. The molecule has 1 aliphatic heterocycles. The summed E-state index contributed by atoms with van der Waals surface area (Å²) in [5.74, 6) is -0.701. The van der Waals surface area contributed by atoms with Crippen LogP contribution in [-0.2, 0) is 14.3 Å². The van der Waals surface area contributed by atoms with E-state index in [4.69, 9.17) is 9.84 Å². The zero-order valence-corrected chi connectivity index (χ0v) is 10.5. The van der Waals surface area contributed by atoms with Gasteiger partial charge in [0.2, 0.25) is 5.91 Å². The van der Waals surface area contributed by atoms with Crippen molar-refractivity contribution < 1.29 is 34.8 Å². The molecule has 0 aliphatic carbocycles. The minimum absolute atomic E-state index is 0.0490. The van der Waals surface area contributed by atoms with Gasteiger partial charge in [-0.15, -0.1) is 0 Å². The first-order valence-corrected chi connectivity index (χ1v) is 5.96. The maximum Gasteiger partial charge on any atom is 0.220 e. The van der Waals surface area contributed by atoms with Crippen LogP contribution in [0.3, 0.4) is 0 Å². The van der Waals surface area contributed by atoms with Crippen molar-refractivity contribution >= 4 is 11.7 Å². The predicted molar refractivity (Wildman–Crippen MR) is 61.8 cm³/mol. The van der Waals surface area contributed by atoms with Gasteiger partial charge in [0.05, 0.1) is 6.61 Å². The fourth-order valence-electron chi connectivity index (χ4n) is 1.80. The second-order valence-electron chi connectivity index (χ2n) is 4.52. The Bertz CT molecular complexity index is 335. The normalized spacial score (nSPS) is 34.9. The molecule has 110 valence electrons. The molecule has 0 aromatic heterocycles. The minimum Gasteiger partial charge on any atom is -0.394 e. The summed E-state index contributed by atoms with van der Waals surface area (Å²) in [7, 11) is 0. The van der Waals surface area contributed by atoms with E-state index in [-0.39, 0.29) is 18.6 Å². The lowest BCUT2D eigenvalue weighted by Crippen LogP contribution is -2.64. The van der Waals surface area contributed by atoms with Crippen LogP contribution >= 0.6 is 0 Å². The molecule has 8 nitrogen and oxygen atoms in total. The molecule has 1 amide bonds. The van der Waals surface area contributed by atoms with Crippen LogP contribution in [0.5, 0.6) is 0 Å². The summed E-state index contributed by atoms with van der Waals surface area (Å²) in [6.45, 7) is 0.774. The third-order valence-corrected chi connectivity index (χ3v) is 2.93. The third-order valence-electron chi connectivity index (χ3n) is 2.93. The van der Waals surface area contributed by atoms with Gasteiger partial charge in [-0.25, -0.2) is 0 Å². The first kappa shape index (κ1) is 16.0. The number of aliphatic hydroxyl groups is 4. The van der Waals surface area contributed by atoms with Gasteiger partial charge >= 0.3 is 0 Å². The lowest BCUT2D eigenvalue weighted by molar-refractivity contribution is -0.253. The van der Waals surface area contributed by atoms with Crippen molar-refractivity contribution in [2.75, 3.05) is 6.61 Å². The van der Waals surface area contributed by atoms with E-state index in [0.29, 0.717) is 0 Å². The van der Waals surface area contributed by atoms with Crippen molar-refractivity contribution in [2.45, 2.75) is 50.4 Å². The summed E-state index contributed by atoms with van der Waals surface area (Å²) >= 11 is 0. The van der Waals surface area contributed by atoms with Gasteiger partial charge in [-0.05, 0) is 6.92 Å². The molecule has 1 rings (SSSR count). The zero-order chi connectivity index (χ0) is 14.6. The van der Waals surface area contributed by atoms with Crippen LogP contribution in [0.15, 0.2) is 0 Å². The maximum atomic E-state index is 11.5. The summed E-state index contributed by atoms with van der Waals surface area (Å²) in [6, 6.07) is -1.21. The molecule has 1 heterocycles. The summed E-state index contributed by atoms with van der Waals surface area (Å²) in [6.07, 6.45) is -5.58. The summed E-state index contributed by atoms with van der Waals surface area (Å²) in [4.78, 5) is 22.2. The Morgan fingerprint density at radius 2 is 1.79 bits per heavy atom. The van der Waals surface area contributed by atoms with Gasteiger partial charge in [-0.3, -0.25) is 4.79 Å². The number of hydrogen-bond acceptors (Lipinski definition) is 7. The number of carbonyl (C=O) groups is 2. The van der Waals surface area contributed by atoms with Gasteiger partial charge in [0.25, 0.3) is 0 Å². The highest BCUT2D eigenvalue weighted by Crippen LogP contribution is 2.19. The molecule has 0 bridgehead atoms. The fraction of sp³-hybridized carbons (Fsp3) is 0.818. The van der Waals surface area contributed by atoms with Crippen molar-refractivity contribution in [2.24, 2.45) is 0 Å². The minimum atomic E-state index is -1.54. The summed E-state index contributed by atoms with van der Waals surface area (Å²) < 4.78 is 4.87. The molecule has 0 saturated carbocycles. The highest BCUT2D eigenvalue weighted by molar-refractivity contribution is 5.83. The Morgan fingerprint density at radius 3 is 2.32 bits per heavy atom. The van der Waals surface area contributed by atoms with Crippen LogP contribution in [0.2, 0.25) is 0 Å². The SMILES string of the molecule is CC(=O)CCC(=O)N[C@H]1C(O)O[C@H](CO)[C@@H](O)[C@@H]1O. The molecule has 0 spiro atoms. The number of Topliss-reactive ketones (excluding diaryl/α,β-unsaturated/α-hetero) is 1. The molecule has 1 saturated heterocycles. The van der Waals surface area contributed by atoms with E-state index in [1.165, 1.54) is 6.92 Å². The standard InChI is InChI=1S/C11H19NO7/c1-5(14)2-3-7(15)12-8-10(17)9(16)6(4-13)19-11(8)18/h6,8-11,13,16-18H,2-4H2,1H3,(H,12,15)/t6-,8-,9-,10-,11?/m1/s1. The Balaban J connectivity index is 2.57. The lowest BCUT2D eigenvalue weighted by Gasteiger charge is -2.40. The largest absolute Gasteiger partial charge is 0.394 e. The molecule has 8 heteroatoms. The van der Waals surface area contributed by atoms with E-state index >= 15 is 0 Å². The van der Waals surface area contributed by atoms with Crippen molar-refractivity contribution in [3.8, 4) is 0 Å². The van der Waals surface area contributed by atoms with E-state index in [2.05, 4.69) is 5.32 Å². The molecule has 0 aromatic carbocycles. The van der Waals surface area contributed by atoms with Crippen molar-refractivity contribution in [1.82, 2.24) is 5.32 Å². The van der Waals surface area contributed by atoms with Gasteiger partial charge in [0.1, 0.15) is 30.1 Å². The van der Waals surface area contributed by atoms with E-state index in [9.17, 15) is 24.9 Å². The number of rotatable bonds is 5. The molecule has 19 heavy (non-hydrogen) atoms. The molecule has 1 aliphatic rings. The number of nitrogens with one attached hydrogen (secondary N) is 1. The second-order valence-corrected chi connectivity index (χ2v) is 4.52. The average molecular weight is 277 g/mol. The Labute approximate surface area is 110 Å². The number of carbonyl (C=O) groups excluding carboxylic acids is 2. The van der Waals surface area contributed by atoms with E-state index in [1.807, 2.05) is 0 Å². The van der Waals surface area contributed by atoms with Crippen LogP contribution < -0.4 is 5.32 Å². The molecule has 1 unspecified atom stereocenters. The van der Waals surface area contributed by atoms with E-state index < -0.39 is 43.2 Å². The fourth-order valence-corrected chi connectivity index (χ4v) is 1.80. The van der Waals surface area contributed by atoms with Gasteiger partial charge in [0.15, 0.2) is 6.29 Å². The molecular weight excluding hydrogens is 258 g/mol. The first-order valence-electron chi connectivity index (χ1n) is 5.96. The van der Waals surface area contributed by atoms with Crippen LogP contribution in [0.4, 0.5) is 0 Å². The lowest BCUT2D eigenvalue weighted by atomic mass is 9.97. The first-order chi connectivity index (χ1) is 8.86. The highest BCUT2D eigenvalue weighted by Gasteiger charge is 2.44. The van der Waals surface area contributed by atoms with Gasteiger partial charge in [-0.1, -0.05) is 0 Å². The highest BCUT2D eigenvalue weighted by atomic mass is 16.6. The van der Waals surface area contributed by atoms with Gasteiger partial charge in [-0.2, -0.15) is 0 Å². The maximum absolute atomic E-state index is 11.5. The number of hydrogen-bond donors (Lipinski definition) is 5. The van der Waals surface area contributed by atoms with Crippen LogP contribution in [-0.4, -0.2) is 69.4 Å². The third kappa shape index (κ3) is 4.22. The smallest absolute Gasteiger partial charge is 0.220 e. The van der Waals surface area contributed by atoms with Crippen LogP contribution in [0, 0.1) is 0 Å². The summed E-state index contributed by atoms with van der Waals surface area (Å²) in [5.41, 5.74) is 0. The topological polar surface area (TPSA) is 136 Å². The molecule has 5 atom stereocenters. The van der Waals surface area contributed by atoms with E-state index in [0.717, 1.165) is 0 Å². The Kier molecular flexibility index (Phi) is 5.83. The molecule has 0 aromatic rings. The monoisotopic (exact) mass is 277 g/mol. The number of amides is 1. The van der Waals surface area contributed by atoms with Crippen molar-refractivity contribution in [1.29, 1.82) is 0 Å². The van der Waals surface area contributed by atoms with Gasteiger partial charge < -0.3 is 35.3 Å². The van der Waals surface area contributed by atoms with Crippen LogP contribution in [0.25, 0.3) is 0 Å². The summed E-state index contributed by atoms with van der Waals surface area (Å²) in [5, 5.41) is 40.1. The molecule has 0 radical (unpaired) electrons. The molecule has 1 fully saturated rings. The van der Waals surface area contributed by atoms with Crippen LogP contribution in [0.1, 0.15) is 19.8 Å². The van der Waals surface area contributed by atoms with E-state index in [1.54, 1.807) is 0 Å². The molecule has 5 N–H and O–H groups in total. The van der Waals surface area contributed by atoms with Gasteiger partial charge in [0, 0.05) is 12.8 Å². The van der Waals surface area contributed by atoms with Crippen molar-refractivity contribution in [3.63, 3.8) is 0 Å². The van der Waals surface area contributed by atoms with Crippen molar-refractivity contribution in [3.05, 3.63) is 0 Å². The zero-order valence-electron chi connectivity index (χ0n) is 10.5. The number of ketones is 1. The number of ether oxygens (including phenoxy) is 1. The second kappa shape index (κ2) is 6.92.